The molecule has 0 spiro atoms. The third kappa shape index (κ3) is 4.43. The second-order valence-corrected chi connectivity index (χ2v) is 6.79. The van der Waals surface area contributed by atoms with Crippen LogP contribution in [0.15, 0.2) is 42.9 Å². The molecule has 29 heavy (non-hydrogen) atoms. The van der Waals surface area contributed by atoms with Crippen molar-refractivity contribution in [1.82, 2.24) is 25.1 Å². The molecule has 0 unspecified atom stereocenters. The molecule has 1 aliphatic carbocycles. The summed E-state index contributed by atoms with van der Waals surface area (Å²) in [5.74, 6) is 0.521. The van der Waals surface area contributed by atoms with Crippen molar-refractivity contribution in [2.45, 2.75) is 31.7 Å². The first-order chi connectivity index (χ1) is 13.5. The van der Waals surface area contributed by atoms with E-state index in [1.165, 1.54) is 29.3 Å². The van der Waals surface area contributed by atoms with E-state index >= 15 is 0 Å². The van der Waals surface area contributed by atoms with Crippen molar-refractivity contribution in [2.75, 3.05) is 0 Å². The number of rotatable bonds is 5. The zero-order valence-electron chi connectivity index (χ0n) is 15.6. The number of hydrogen-bond acceptors (Lipinski definition) is 5. The Labute approximate surface area is 174 Å². The van der Waals surface area contributed by atoms with Gasteiger partial charge in [-0.1, -0.05) is 0 Å². The first-order valence-corrected chi connectivity index (χ1v) is 8.93. The van der Waals surface area contributed by atoms with Crippen LogP contribution in [0, 0.1) is 17.1 Å². The third-order valence-corrected chi connectivity index (χ3v) is 4.63. The van der Waals surface area contributed by atoms with Gasteiger partial charge in [0.25, 0.3) is 5.91 Å². The predicted molar refractivity (Wildman–Crippen MR) is 109 cm³/mol. The molecule has 3 aromatic rings. The van der Waals surface area contributed by atoms with Gasteiger partial charge in [-0.3, -0.25) is 4.79 Å². The van der Waals surface area contributed by atoms with Crippen molar-refractivity contribution in [3.8, 4) is 11.9 Å². The number of amides is 1. The van der Waals surface area contributed by atoms with Gasteiger partial charge in [0.15, 0.2) is 11.6 Å². The standard InChI is InChI=1S/C20H17FN6O.H2S/c1-12(19-24-11-25-27(19)18-5-2-13(9-22)10-23-18)26-20(28)16-6-15(14-3-4-14)7-17(21)8-16;/h2,5-8,10-12,14H,3-4H2,1H3,(H,26,28);1H2/t12-;/m1./s1. The van der Waals surface area contributed by atoms with Crippen molar-refractivity contribution >= 4 is 19.4 Å². The molecule has 1 atom stereocenters. The van der Waals surface area contributed by atoms with Crippen LogP contribution in [0.3, 0.4) is 0 Å². The van der Waals surface area contributed by atoms with E-state index in [1.54, 1.807) is 25.1 Å². The minimum absolute atomic E-state index is 0. The Kier molecular flexibility index (Phi) is 5.94. The lowest BCUT2D eigenvalue weighted by Gasteiger charge is -2.15. The summed E-state index contributed by atoms with van der Waals surface area (Å²) in [6.07, 6.45) is 4.87. The van der Waals surface area contributed by atoms with Crippen LogP contribution in [0.2, 0.25) is 0 Å². The lowest BCUT2D eigenvalue weighted by atomic mass is 10.1. The summed E-state index contributed by atoms with van der Waals surface area (Å²) in [6.45, 7) is 1.77. The molecule has 4 rings (SSSR count). The first kappa shape index (κ1) is 20.5. The predicted octanol–water partition coefficient (Wildman–Crippen LogP) is 3.15. The molecule has 0 bridgehead atoms. The number of carbonyl (C=O) groups excluding carboxylic acids is 1. The van der Waals surface area contributed by atoms with E-state index in [0.29, 0.717) is 23.1 Å². The van der Waals surface area contributed by atoms with Crippen LogP contribution in [-0.4, -0.2) is 25.7 Å². The molecule has 1 amide bonds. The largest absolute Gasteiger partial charge is 0.342 e. The van der Waals surface area contributed by atoms with Gasteiger partial charge >= 0.3 is 0 Å². The molecule has 1 aliphatic rings. The minimum Gasteiger partial charge on any atom is -0.342 e. The van der Waals surface area contributed by atoms with Crippen LogP contribution in [0.5, 0.6) is 0 Å². The van der Waals surface area contributed by atoms with E-state index in [2.05, 4.69) is 20.4 Å². The number of carbonyl (C=O) groups is 1. The Morgan fingerprint density at radius 2 is 2.10 bits per heavy atom. The maximum Gasteiger partial charge on any atom is 0.251 e. The fraction of sp³-hybridized carbons (Fsp3) is 0.250. The molecule has 1 fully saturated rings. The summed E-state index contributed by atoms with van der Waals surface area (Å²) in [5, 5.41) is 15.9. The molecule has 2 heterocycles. The van der Waals surface area contributed by atoms with Gasteiger partial charge in [0.1, 0.15) is 18.2 Å². The van der Waals surface area contributed by atoms with E-state index in [-0.39, 0.29) is 25.0 Å². The van der Waals surface area contributed by atoms with Crippen molar-refractivity contribution in [1.29, 1.82) is 5.26 Å². The second-order valence-electron chi connectivity index (χ2n) is 6.79. The summed E-state index contributed by atoms with van der Waals surface area (Å²) in [6, 6.07) is 9.28. The molecular weight excluding hydrogens is 391 g/mol. The monoisotopic (exact) mass is 410 g/mol. The van der Waals surface area contributed by atoms with Crippen molar-refractivity contribution < 1.29 is 9.18 Å². The quantitative estimate of drug-likeness (QED) is 0.697. The molecule has 1 aromatic carbocycles. The van der Waals surface area contributed by atoms with Crippen molar-refractivity contribution in [2.24, 2.45) is 0 Å². The van der Waals surface area contributed by atoms with Crippen molar-refractivity contribution in [3.63, 3.8) is 0 Å². The Hall–Kier alpha value is -3.25. The van der Waals surface area contributed by atoms with Crippen molar-refractivity contribution in [3.05, 3.63) is 71.2 Å². The number of pyridine rings is 1. The lowest BCUT2D eigenvalue weighted by Crippen LogP contribution is -2.29. The van der Waals surface area contributed by atoms with Crippen LogP contribution in [0.25, 0.3) is 5.82 Å². The van der Waals surface area contributed by atoms with Crippen LogP contribution in [-0.2, 0) is 0 Å². The SMILES string of the molecule is C[C@@H](NC(=O)c1cc(F)cc(C2CC2)c1)c1ncnn1-c1ccc(C#N)cn1.S. The summed E-state index contributed by atoms with van der Waals surface area (Å²) >= 11 is 0. The van der Waals surface area contributed by atoms with Gasteiger partial charge in [0.05, 0.1) is 11.6 Å². The average Bonchev–Trinajstić information content (AvgIpc) is 3.44. The van der Waals surface area contributed by atoms with Gasteiger partial charge in [-0.2, -0.15) is 28.5 Å². The highest BCUT2D eigenvalue weighted by atomic mass is 32.1. The number of hydrogen-bond donors (Lipinski definition) is 1. The first-order valence-electron chi connectivity index (χ1n) is 8.93. The summed E-state index contributed by atoms with van der Waals surface area (Å²) in [4.78, 5) is 21.1. The number of nitrogens with one attached hydrogen (secondary N) is 1. The summed E-state index contributed by atoms with van der Waals surface area (Å²) in [7, 11) is 0. The Bertz CT molecular complexity index is 1070. The zero-order chi connectivity index (χ0) is 19.7. The molecule has 7 nitrogen and oxygen atoms in total. The van der Waals surface area contributed by atoms with Crippen LogP contribution in [0.4, 0.5) is 4.39 Å². The maximum atomic E-state index is 13.9. The Morgan fingerprint density at radius 1 is 1.31 bits per heavy atom. The summed E-state index contributed by atoms with van der Waals surface area (Å²) < 4.78 is 15.4. The smallest absolute Gasteiger partial charge is 0.251 e. The Morgan fingerprint density at radius 3 is 2.76 bits per heavy atom. The lowest BCUT2D eigenvalue weighted by molar-refractivity contribution is 0.0937. The molecule has 148 valence electrons. The van der Waals surface area contributed by atoms with E-state index in [0.717, 1.165) is 18.4 Å². The fourth-order valence-electron chi connectivity index (χ4n) is 3.04. The molecule has 2 aromatic heterocycles. The van der Waals surface area contributed by atoms with Gasteiger partial charge in [-0.15, -0.1) is 0 Å². The Balaban J connectivity index is 0.00000240. The zero-order valence-corrected chi connectivity index (χ0v) is 16.6. The van der Waals surface area contributed by atoms with E-state index < -0.39 is 11.9 Å². The molecule has 1 saturated carbocycles. The van der Waals surface area contributed by atoms with E-state index in [1.807, 2.05) is 6.07 Å². The number of aromatic nitrogens is 4. The highest BCUT2D eigenvalue weighted by Crippen LogP contribution is 2.40. The van der Waals surface area contributed by atoms with Gasteiger partial charge in [-0.05, 0) is 61.6 Å². The highest BCUT2D eigenvalue weighted by molar-refractivity contribution is 7.59. The molecular formula is C20H19FN6OS. The average molecular weight is 410 g/mol. The normalized spacial score (nSPS) is 13.8. The van der Waals surface area contributed by atoms with E-state index in [4.69, 9.17) is 5.26 Å². The maximum absolute atomic E-state index is 13.9. The molecule has 0 aliphatic heterocycles. The van der Waals surface area contributed by atoms with Crippen LogP contribution < -0.4 is 5.32 Å². The second kappa shape index (κ2) is 8.41. The molecule has 1 N–H and O–H groups in total. The number of benzene rings is 1. The number of nitrogens with zero attached hydrogens (tertiary/aromatic N) is 5. The van der Waals surface area contributed by atoms with Crippen LogP contribution >= 0.6 is 13.5 Å². The highest BCUT2D eigenvalue weighted by Gasteiger charge is 2.25. The summed E-state index contributed by atoms with van der Waals surface area (Å²) in [5.41, 5.74) is 1.59. The molecule has 9 heteroatoms. The molecule has 0 saturated heterocycles. The number of nitriles is 1. The topological polar surface area (TPSA) is 96.5 Å². The number of halogens is 1. The van der Waals surface area contributed by atoms with E-state index in [9.17, 15) is 9.18 Å². The van der Waals surface area contributed by atoms with Crippen LogP contribution in [0.1, 0.15) is 59.0 Å². The fourth-order valence-corrected chi connectivity index (χ4v) is 3.04. The van der Waals surface area contributed by atoms with Gasteiger partial charge < -0.3 is 5.32 Å². The van der Waals surface area contributed by atoms with Gasteiger partial charge in [0.2, 0.25) is 0 Å². The van der Waals surface area contributed by atoms with Gasteiger partial charge in [-0.25, -0.2) is 14.4 Å². The molecule has 0 radical (unpaired) electrons. The minimum atomic E-state index is -0.486. The van der Waals surface area contributed by atoms with Gasteiger partial charge in [0, 0.05) is 11.8 Å². The third-order valence-electron chi connectivity index (χ3n) is 4.63.